The summed E-state index contributed by atoms with van der Waals surface area (Å²) in [5, 5.41) is 2.35. The highest BCUT2D eigenvalue weighted by molar-refractivity contribution is 6.28. The van der Waals surface area contributed by atoms with Gasteiger partial charge in [-0.05, 0) is 25.2 Å². The van der Waals surface area contributed by atoms with Crippen molar-refractivity contribution in [2.45, 2.75) is 52.0 Å². The first-order valence-corrected chi connectivity index (χ1v) is 7.24. The van der Waals surface area contributed by atoms with E-state index in [0.717, 1.165) is 19.3 Å². The quantitative estimate of drug-likeness (QED) is 0.784. The van der Waals surface area contributed by atoms with Gasteiger partial charge in [-0.15, -0.1) is 11.6 Å². The monoisotopic (exact) mass is 274 g/mol. The maximum absolute atomic E-state index is 12.0. The molecule has 0 unspecified atom stereocenters. The molecule has 18 heavy (non-hydrogen) atoms. The number of carbonyl (C=O) groups is 2. The summed E-state index contributed by atoms with van der Waals surface area (Å²) >= 11 is 5.41. The van der Waals surface area contributed by atoms with Crippen LogP contribution in [0, 0.1) is 5.92 Å². The highest BCUT2D eigenvalue weighted by Gasteiger charge is 2.27. The van der Waals surface area contributed by atoms with Gasteiger partial charge >= 0.3 is 6.03 Å². The summed E-state index contributed by atoms with van der Waals surface area (Å²) in [7, 11) is 0. The Morgan fingerprint density at radius 1 is 1.33 bits per heavy atom. The predicted molar refractivity (Wildman–Crippen MR) is 72.7 cm³/mol. The van der Waals surface area contributed by atoms with E-state index in [1.807, 2.05) is 4.90 Å². The molecule has 1 rings (SSSR count). The van der Waals surface area contributed by atoms with Gasteiger partial charge in [0.2, 0.25) is 5.91 Å². The maximum atomic E-state index is 12.0. The fourth-order valence-corrected chi connectivity index (χ4v) is 2.35. The van der Waals surface area contributed by atoms with E-state index >= 15 is 0 Å². The molecule has 4 nitrogen and oxygen atoms in total. The number of imide groups is 1. The molecule has 5 heteroatoms. The summed E-state index contributed by atoms with van der Waals surface area (Å²) in [4.78, 5) is 25.1. The van der Waals surface area contributed by atoms with Gasteiger partial charge in [0.05, 0.1) is 0 Å². The van der Waals surface area contributed by atoms with E-state index in [-0.39, 0.29) is 18.0 Å². The van der Waals surface area contributed by atoms with Crippen molar-refractivity contribution >= 4 is 23.5 Å². The number of hydrogen-bond donors (Lipinski definition) is 1. The van der Waals surface area contributed by atoms with Gasteiger partial charge in [0.15, 0.2) is 0 Å². The highest BCUT2D eigenvalue weighted by Crippen LogP contribution is 2.24. The summed E-state index contributed by atoms with van der Waals surface area (Å²) in [6.07, 6.45) is 5.37. The lowest BCUT2D eigenvalue weighted by Crippen LogP contribution is -2.48. The Labute approximate surface area is 114 Å². The van der Waals surface area contributed by atoms with Crippen molar-refractivity contribution in [1.29, 1.82) is 0 Å². The van der Waals surface area contributed by atoms with E-state index in [1.54, 1.807) is 0 Å². The third-order valence-corrected chi connectivity index (χ3v) is 3.58. The van der Waals surface area contributed by atoms with Gasteiger partial charge in [0, 0.05) is 12.6 Å². The van der Waals surface area contributed by atoms with E-state index in [4.69, 9.17) is 11.6 Å². The van der Waals surface area contributed by atoms with Crippen molar-refractivity contribution < 1.29 is 9.59 Å². The van der Waals surface area contributed by atoms with Crippen molar-refractivity contribution in [3.05, 3.63) is 0 Å². The number of hydrogen-bond acceptors (Lipinski definition) is 2. The molecule has 1 aliphatic carbocycles. The minimum atomic E-state index is -0.422. The van der Waals surface area contributed by atoms with E-state index in [1.165, 1.54) is 12.8 Å². The molecule has 0 atom stereocenters. The average Bonchev–Trinajstić information content (AvgIpc) is 2.82. The van der Waals surface area contributed by atoms with Gasteiger partial charge in [-0.2, -0.15) is 0 Å². The van der Waals surface area contributed by atoms with Gasteiger partial charge < -0.3 is 4.90 Å². The van der Waals surface area contributed by atoms with Crippen molar-refractivity contribution in [3.8, 4) is 0 Å². The van der Waals surface area contributed by atoms with Crippen LogP contribution in [0.5, 0.6) is 0 Å². The van der Waals surface area contributed by atoms with Crippen molar-refractivity contribution in [2.24, 2.45) is 5.92 Å². The molecule has 0 saturated heterocycles. The van der Waals surface area contributed by atoms with Crippen LogP contribution in [0.3, 0.4) is 0 Å². The van der Waals surface area contributed by atoms with Crippen LogP contribution in [0.4, 0.5) is 4.79 Å². The summed E-state index contributed by atoms with van der Waals surface area (Å²) in [6, 6.07) is 0.0000699. The topological polar surface area (TPSA) is 49.4 Å². The van der Waals surface area contributed by atoms with E-state index in [0.29, 0.717) is 12.5 Å². The fourth-order valence-electron chi connectivity index (χ4n) is 2.29. The lowest BCUT2D eigenvalue weighted by atomic mass is 10.1. The van der Waals surface area contributed by atoms with Crippen LogP contribution in [0.1, 0.15) is 46.0 Å². The van der Waals surface area contributed by atoms with Crippen LogP contribution in [-0.4, -0.2) is 35.3 Å². The first-order chi connectivity index (χ1) is 8.54. The van der Waals surface area contributed by atoms with Crippen molar-refractivity contribution in [1.82, 2.24) is 10.2 Å². The zero-order valence-electron chi connectivity index (χ0n) is 11.2. The SMILES string of the molecule is CC(C)CCN(C(=O)NC(=O)CCl)C1CCCC1. The summed E-state index contributed by atoms with van der Waals surface area (Å²) in [5.74, 6) is -0.0475. The molecule has 1 aliphatic rings. The highest BCUT2D eigenvalue weighted by atomic mass is 35.5. The third-order valence-electron chi connectivity index (χ3n) is 3.34. The van der Waals surface area contributed by atoms with Crippen molar-refractivity contribution in [3.63, 3.8) is 0 Å². The second kappa shape index (κ2) is 7.62. The first-order valence-electron chi connectivity index (χ1n) is 6.71. The number of alkyl halides is 1. The summed E-state index contributed by atoms with van der Waals surface area (Å²) in [6.45, 7) is 4.98. The van der Waals surface area contributed by atoms with Crippen LogP contribution in [0.15, 0.2) is 0 Å². The number of nitrogens with zero attached hydrogens (tertiary/aromatic N) is 1. The molecule has 0 aromatic rings. The zero-order valence-corrected chi connectivity index (χ0v) is 12.0. The number of rotatable bonds is 5. The number of halogens is 1. The molecule has 0 bridgehead atoms. The summed E-state index contributed by atoms with van der Waals surface area (Å²) in [5.41, 5.74) is 0. The Hall–Kier alpha value is -0.770. The second-order valence-corrected chi connectivity index (χ2v) is 5.57. The lowest BCUT2D eigenvalue weighted by molar-refractivity contribution is -0.117. The normalized spacial score (nSPS) is 16.0. The Balaban J connectivity index is 2.57. The zero-order chi connectivity index (χ0) is 13.5. The number of nitrogens with one attached hydrogen (secondary N) is 1. The second-order valence-electron chi connectivity index (χ2n) is 5.30. The van der Waals surface area contributed by atoms with Crippen LogP contribution in [-0.2, 0) is 4.79 Å². The van der Waals surface area contributed by atoms with Crippen LogP contribution < -0.4 is 5.32 Å². The molecular formula is C13H23ClN2O2. The van der Waals surface area contributed by atoms with Crippen LogP contribution >= 0.6 is 11.6 Å². The molecule has 1 N–H and O–H groups in total. The van der Waals surface area contributed by atoms with Gasteiger partial charge in [-0.25, -0.2) is 4.79 Å². The lowest BCUT2D eigenvalue weighted by Gasteiger charge is -2.29. The third kappa shape index (κ3) is 4.84. The molecule has 0 spiro atoms. The average molecular weight is 275 g/mol. The summed E-state index contributed by atoms with van der Waals surface area (Å²) < 4.78 is 0. The fraction of sp³-hybridized carbons (Fsp3) is 0.846. The molecule has 0 aromatic carbocycles. The van der Waals surface area contributed by atoms with Gasteiger partial charge in [0.25, 0.3) is 0 Å². The Morgan fingerprint density at radius 3 is 2.44 bits per heavy atom. The molecule has 1 fully saturated rings. The molecule has 0 aliphatic heterocycles. The minimum Gasteiger partial charge on any atom is -0.321 e. The van der Waals surface area contributed by atoms with Crippen LogP contribution in [0.2, 0.25) is 0 Å². The van der Waals surface area contributed by atoms with Gasteiger partial charge in [-0.1, -0.05) is 26.7 Å². The van der Waals surface area contributed by atoms with Gasteiger partial charge in [-0.3, -0.25) is 10.1 Å². The molecule has 1 saturated carbocycles. The molecule has 3 amide bonds. The van der Waals surface area contributed by atoms with E-state index in [9.17, 15) is 9.59 Å². The Morgan fingerprint density at radius 2 is 1.94 bits per heavy atom. The molecule has 0 radical (unpaired) electrons. The maximum Gasteiger partial charge on any atom is 0.324 e. The van der Waals surface area contributed by atoms with E-state index < -0.39 is 5.91 Å². The van der Waals surface area contributed by atoms with E-state index in [2.05, 4.69) is 19.2 Å². The standard InChI is InChI=1S/C13H23ClN2O2/c1-10(2)7-8-16(11-5-3-4-6-11)13(18)15-12(17)9-14/h10-11H,3-9H2,1-2H3,(H,15,17,18). The molecule has 0 aromatic heterocycles. The van der Waals surface area contributed by atoms with Crippen molar-refractivity contribution in [2.75, 3.05) is 12.4 Å². The number of carbonyl (C=O) groups excluding carboxylic acids is 2. The Bertz CT molecular complexity index is 289. The number of amides is 3. The minimum absolute atomic E-state index is 0.172. The largest absolute Gasteiger partial charge is 0.324 e. The first kappa shape index (κ1) is 15.3. The number of urea groups is 1. The smallest absolute Gasteiger partial charge is 0.321 e. The molecule has 104 valence electrons. The predicted octanol–water partition coefficient (Wildman–Crippen LogP) is 2.75. The van der Waals surface area contributed by atoms with Gasteiger partial charge in [0.1, 0.15) is 5.88 Å². The Kier molecular flexibility index (Phi) is 6.47. The molecular weight excluding hydrogens is 252 g/mol. The van der Waals surface area contributed by atoms with Crippen LogP contribution in [0.25, 0.3) is 0 Å². The molecule has 0 heterocycles.